The number of hydrogen-bond donors (Lipinski definition) is 1. The molecular formula is C41H76O5. The molecular weight excluding hydrogens is 572 g/mol. The molecule has 0 aromatic rings. The predicted octanol–water partition coefficient (Wildman–Crippen LogP) is 12.3. The van der Waals surface area contributed by atoms with E-state index in [0.717, 1.165) is 51.4 Å². The molecule has 0 radical (unpaired) electrons. The molecule has 0 spiro atoms. The van der Waals surface area contributed by atoms with E-state index in [1.54, 1.807) is 0 Å². The van der Waals surface area contributed by atoms with E-state index < -0.39 is 6.10 Å². The summed E-state index contributed by atoms with van der Waals surface area (Å²) in [6.07, 6.45) is 43.8. The molecule has 0 aliphatic rings. The van der Waals surface area contributed by atoms with Gasteiger partial charge in [0, 0.05) is 12.8 Å². The van der Waals surface area contributed by atoms with Gasteiger partial charge in [0.2, 0.25) is 0 Å². The highest BCUT2D eigenvalue weighted by atomic mass is 16.6. The third-order valence-electron chi connectivity index (χ3n) is 8.72. The van der Waals surface area contributed by atoms with Crippen LogP contribution in [0.2, 0.25) is 0 Å². The van der Waals surface area contributed by atoms with Crippen LogP contribution in [0.15, 0.2) is 24.3 Å². The summed E-state index contributed by atoms with van der Waals surface area (Å²) in [7, 11) is 0. The zero-order valence-corrected chi connectivity index (χ0v) is 30.6. The van der Waals surface area contributed by atoms with Crippen molar-refractivity contribution in [3.63, 3.8) is 0 Å². The Balaban J connectivity index is 3.56. The van der Waals surface area contributed by atoms with E-state index in [2.05, 4.69) is 38.2 Å². The Morgan fingerprint density at radius 1 is 0.478 bits per heavy atom. The lowest BCUT2D eigenvalue weighted by atomic mass is 10.1. The van der Waals surface area contributed by atoms with Gasteiger partial charge in [0.25, 0.3) is 0 Å². The number of carbonyl (C=O) groups excluding carboxylic acids is 2. The predicted molar refractivity (Wildman–Crippen MR) is 196 cm³/mol. The second-order valence-corrected chi connectivity index (χ2v) is 13.4. The highest BCUT2D eigenvalue weighted by Gasteiger charge is 2.16. The molecule has 0 aliphatic carbocycles. The number of carbonyl (C=O) groups is 2. The van der Waals surface area contributed by atoms with E-state index in [0.29, 0.717) is 12.8 Å². The Morgan fingerprint density at radius 2 is 0.804 bits per heavy atom. The van der Waals surface area contributed by atoms with Crippen LogP contribution in [0.3, 0.4) is 0 Å². The van der Waals surface area contributed by atoms with Crippen molar-refractivity contribution < 1.29 is 24.2 Å². The van der Waals surface area contributed by atoms with Gasteiger partial charge in [-0.05, 0) is 64.2 Å². The van der Waals surface area contributed by atoms with Crippen molar-refractivity contribution in [1.82, 2.24) is 0 Å². The Morgan fingerprint density at radius 3 is 1.17 bits per heavy atom. The summed E-state index contributed by atoms with van der Waals surface area (Å²) >= 11 is 0. The van der Waals surface area contributed by atoms with Gasteiger partial charge in [0.15, 0.2) is 6.10 Å². The van der Waals surface area contributed by atoms with Crippen molar-refractivity contribution in [1.29, 1.82) is 0 Å². The number of ether oxygens (including phenoxy) is 2. The maximum atomic E-state index is 12.2. The quantitative estimate of drug-likeness (QED) is 0.0416. The Labute approximate surface area is 285 Å². The zero-order valence-electron chi connectivity index (χ0n) is 30.6. The molecule has 0 amide bonds. The van der Waals surface area contributed by atoms with Gasteiger partial charge >= 0.3 is 11.9 Å². The summed E-state index contributed by atoms with van der Waals surface area (Å²) in [6.45, 7) is 4.12. The molecule has 0 saturated carbocycles. The largest absolute Gasteiger partial charge is 0.462 e. The van der Waals surface area contributed by atoms with Crippen molar-refractivity contribution >= 4 is 11.9 Å². The molecule has 0 heterocycles. The molecule has 5 heteroatoms. The number of aliphatic hydroxyl groups excluding tert-OH is 1. The minimum absolute atomic E-state index is 0.0707. The first-order chi connectivity index (χ1) is 22.6. The van der Waals surface area contributed by atoms with Crippen LogP contribution in [0.25, 0.3) is 0 Å². The first-order valence-corrected chi connectivity index (χ1v) is 19.9. The van der Waals surface area contributed by atoms with E-state index in [9.17, 15) is 14.7 Å². The lowest BCUT2D eigenvalue weighted by Gasteiger charge is -2.15. The van der Waals surface area contributed by atoms with Crippen molar-refractivity contribution in [3.05, 3.63) is 24.3 Å². The number of unbranched alkanes of at least 4 members (excludes halogenated alkanes) is 24. The van der Waals surface area contributed by atoms with Crippen molar-refractivity contribution in [2.45, 2.75) is 213 Å². The van der Waals surface area contributed by atoms with Gasteiger partial charge in [-0.3, -0.25) is 9.59 Å². The Bertz CT molecular complexity index is 701. The molecule has 1 atom stereocenters. The number of esters is 2. The third-order valence-corrected chi connectivity index (χ3v) is 8.72. The minimum Gasteiger partial charge on any atom is -0.462 e. The summed E-state index contributed by atoms with van der Waals surface area (Å²) in [6, 6.07) is 0. The summed E-state index contributed by atoms with van der Waals surface area (Å²) < 4.78 is 10.6. The van der Waals surface area contributed by atoms with Crippen LogP contribution in [0.5, 0.6) is 0 Å². The topological polar surface area (TPSA) is 72.8 Å². The van der Waals surface area contributed by atoms with E-state index in [1.807, 2.05) is 0 Å². The lowest BCUT2D eigenvalue weighted by molar-refractivity contribution is -0.161. The molecule has 5 nitrogen and oxygen atoms in total. The molecule has 0 aliphatic heterocycles. The van der Waals surface area contributed by atoms with Crippen LogP contribution in [0, 0.1) is 0 Å². The maximum absolute atomic E-state index is 12.2. The van der Waals surface area contributed by atoms with E-state index in [-0.39, 0.29) is 25.2 Å². The SMILES string of the molecule is CCCCCCCCC/C=C\CCCCCCCC(=O)OCC(CO)OC(=O)CCCCCCC/C=C\CCCCCCCCC. The molecule has 0 aromatic carbocycles. The fourth-order valence-electron chi connectivity index (χ4n) is 5.66. The van der Waals surface area contributed by atoms with Gasteiger partial charge < -0.3 is 14.6 Å². The van der Waals surface area contributed by atoms with Crippen LogP contribution >= 0.6 is 0 Å². The summed E-state index contributed by atoms with van der Waals surface area (Å²) in [5.41, 5.74) is 0. The van der Waals surface area contributed by atoms with Gasteiger partial charge in [0.1, 0.15) is 6.61 Å². The van der Waals surface area contributed by atoms with E-state index in [4.69, 9.17) is 9.47 Å². The first kappa shape index (κ1) is 44.4. The number of hydrogen-bond acceptors (Lipinski definition) is 5. The van der Waals surface area contributed by atoms with Crippen LogP contribution < -0.4 is 0 Å². The summed E-state index contributed by atoms with van der Waals surface area (Å²) in [4.78, 5) is 24.2. The molecule has 0 saturated heterocycles. The standard InChI is InChI=1S/C41H76O5/c1-3-5-7-9-11-13-15-17-19-21-23-25-27-29-31-33-35-40(43)45-38-39(37-42)46-41(44)36-34-32-30-28-26-24-22-20-18-16-14-12-10-8-6-4-2/h19-22,39,42H,3-18,23-38H2,1-2H3/b21-19-,22-20-. The second-order valence-electron chi connectivity index (χ2n) is 13.4. The minimum atomic E-state index is -0.775. The number of rotatable bonds is 36. The molecule has 1 unspecified atom stereocenters. The van der Waals surface area contributed by atoms with Crippen LogP contribution in [0.4, 0.5) is 0 Å². The van der Waals surface area contributed by atoms with Crippen molar-refractivity contribution in [2.24, 2.45) is 0 Å². The molecule has 270 valence electrons. The van der Waals surface area contributed by atoms with Crippen LogP contribution in [-0.2, 0) is 19.1 Å². The van der Waals surface area contributed by atoms with E-state index >= 15 is 0 Å². The smallest absolute Gasteiger partial charge is 0.306 e. The molecule has 0 fully saturated rings. The fraction of sp³-hybridized carbons (Fsp3) is 0.854. The average molecular weight is 649 g/mol. The molecule has 46 heavy (non-hydrogen) atoms. The van der Waals surface area contributed by atoms with Crippen LogP contribution in [0.1, 0.15) is 206 Å². The van der Waals surface area contributed by atoms with Gasteiger partial charge in [0.05, 0.1) is 6.61 Å². The number of allylic oxidation sites excluding steroid dienone is 4. The Kier molecular flexibility index (Phi) is 36.5. The summed E-state index contributed by atoms with van der Waals surface area (Å²) in [5, 5.41) is 9.55. The second kappa shape index (κ2) is 37.8. The maximum Gasteiger partial charge on any atom is 0.306 e. The fourth-order valence-corrected chi connectivity index (χ4v) is 5.66. The van der Waals surface area contributed by atoms with Crippen LogP contribution in [-0.4, -0.2) is 36.4 Å². The van der Waals surface area contributed by atoms with E-state index in [1.165, 1.54) is 128 Å². The van der Waals surface area contributed by atoms with Gasteiger partial charge in [-0.1, -0.05) is 154 Å². The normalized spacial score (nSPS) is 12.3. The van der Waals surface area contributed by atoms with Crippen molar-refractivity contribution in [3.8, 4) is 0 Å². The lowest BCUT2D eigenvalue weighted by Crippen LogP contribution is -2.28. The third kappa shape index (κ3) is 35.2. The zero-order chi connectivity index (χ0) is 33.6. The molecule has 0 aromatic heterocycles. The van der Waals surface area contributed by atoms with Gasteiger partial charge in [-0.2, -0.15) is 0 Å². The molecule has 1 N–H and O–H groups in total. The van der Waals surface area contributed by atoms with Gasteiger partial charge in [-0.15, -0.1) is 0 Å². The van der Waals surface area contributed by atoms with Crippen molar-refractivity contribution in [2.75, 3.05) is 13.2 Å². The summed E-state index contributed by atoms with van der Waals surface area (Å²) in [5.74, 6) is -0.605. The highest BCUT2D eigenvalue weighted by Crippen LogP contribution is 2.13. The number of aliphatic hydroxyl groups is 1. The molecule has 0 bridgehead atoms. The Hall–Kier alpha value is -1.62. The average Bonchev–Trinajstić information content (AvgIpc) is 3.06. The highest BCUT2D eigenvalue weighted by molar-refractivity contribution is 5.70. The van der Waals surface area contributed by atoms with Gasteiger partial charge in [-0.25, -0.2) is 0 Å². The first-order valence-electron chi connectivity index (χ1n) is 19.9. The monoisotopic (exact) mass is 649 g/mol. The molecule has 0 rings (SSSR count).